The predicted molar refractivity (Wildman–Crippen MR) is 58.2 cm³/mol. The fourth-order valence-corrected chi connectivity index (χ4v) is 1.81. The zero-order chi connectivity index (χ0) is 12.0. The van der Waals surface area contributed by atoms with Crippen LogP contribution in [-0.2, 0) is 4.79 Å². The van der Waals surface area contributed by atoms with Gasteiger partial charge in [0.25, 0.3) is 5.91 Å². The first-order valence-corrected chi connectivity index (χ1v) is 5.11. The zero-order valence-electron chi connectivity index (χ0n) is 8.98. The SMILES string of the molecule is Cc1cc2oc(C3NC(=O)NC3=O)cc2cn1. The van der Waals surface area contributed by atoms with Crippen molar-refractivity contribution in [3.8, 4) is 0 Å². The van der Waals surface area contributed by atoms with E-state index in [-0.39, 0.29) is 0 Å². The summed E-state index contributed by atoms with van der Waals surface area (Å²) in [4.78, 5) is 26.6. The van der Waals surface area contributed by atoms with E-state index in [4.69, 9.17) is 4.42 Å². The molecule has 1 saturated heterocycles. The van der Waals surface area contributed by atoms with Crippen molar-refractivity contribution in [1.82, 2.24) is 15.6 Å². The van der Waals surface area contributed by atoms with Crippen molar-refractivity contribution < 1.29 is 14.0 Å². The van der Waals surface area contributed by atoms with E-state index in [0.29, 0.717) is 11.3 Å². The molecule has 3 heterocycles. The second kappa shape index (κ2) is 3.31. The molecule has 0 radical (unpaired) electrons. The molecule has 1 aliphatic heterocycles. The molecule has 1 aliphatic rings. The smallest absolute Gasteiger partial charge is 0.322 e. The minimum absolute atomic E-state index is 0.404. The molecule has 0 bridgehead atoms. The molecule has 1 unspecified atom stereocenters. The van der Waals surface area contributed by atoms with Crippen LogP contribution < -0.4 is 10.6 Å². The van der Waals surface area contributed by atoms with Gasteiger partial charge in [0.15, 0.2) is 6.04 Å². The Morgan fingerprint density at radius 3 is 2.88 bits per heavy atom. The molecule has 0 saturated carbocycles. The van der Waals surface area contributed by atoms with Crippen LogP contribution in [0.15, 0.2) is 22.7 Å². The lowest BCUT2D eigenvalue weighted by Gasteiger charge is -2.00. The molecular formula is C11H9N3O3. The molecule has 86 valence electrons. The Hall–Kier alpha value is -2.37. The Labute approximate surface area is 96.0 Å². The Bertz CT molecular complexity index is 632. The van der Waals surface area contributed by atoms with Gasteiger partial charge in [-0.3, -0.25) is 15.1 Å². The minimum atomic E-state index is -0.754. The quantitative estimate of drug-likeness (QED) is 0.717. The van der Waals surface area contributed by atoms with Crippen molar-refractivity contribution in [2.75, 3.05) is 0 Å². The highest BCUT2D eigenvalue weighted by Gasteiger charge is 2.33. The fourth-order valence-electron chi connectivity index (χ4n) is 1.81. The van der Waals surface area contributed by atoms with E-state index in [9.17, 15) is 9.59 Å². The van der Waals surface area contributed by atoms with Crippen LogP contribution in [-0.4, -0.2) is 16.9 Å². The summed E-state index contributed by atoms with van der Waals surface area (Å²) < 4.78 is 5.54. The third kappa shape index (κ3) is 1.54. The van der Waals surface area contributed by atoms with Crippen molar-refractivity contribution >= 4 is 22.9 Å². The number of fused-ring (bicyclic) bond motifs is 1. The first kappa shape index (κ1) is 9.83. The normalized spacial score (nSPS) is 19.5. The molecular weight excluding hydrogens is 222 g/mol. The summed E-state index contributed by atoms with van der Waals surface area (Å²) in [6.45, 7) is 1.85. The molecule has 0 spiro atoms. The summed E-state index contributed by atoms with van der Waals surface area (Å²) in [7, 11) is 0. The van der Waals surface area contributed by atoms with Gasteiger partial charge in [0.2, 0.25) is 0 Å². The van der Waals surface area contributed by atoms with Gasteiger partial charge in [0.05, 0.1) is 0 Å². The lowest BCUT2D eigenvalue weighted by Crippen LogP contribution is -2.22. The van der Waals surface area contributed by atoms with Gasteiger partial charge < -0.3 is 9.73 Å². The molecule has 3 amide bonds. The summed E-state index contributed by atoms with van der Waals surface area (Å²) in [5.74, 6) is 0.00878. The van der Waals surface area contributed by atoms with E-state index in [2.05, 4.69) is 15.6 Å². The molecule has 3 rings (SSSR count). The molecule has 2 aromatic heterocycles. The number of hydrogen-bond acceptors (Lipinski definition) is 4. The van der Waals surface area contributed by atoms with E-state index in [0.717, 1.165) is 11.1 Å². The molecule has 2 N–H and O–H groups in total. The number of aryl methyl sites for hydroxylation is 1. The first-order valence-electron chi connectivity index (χ1n) is 5.11. The molecule has 6 heteroatoms. The molecule has 0 aliphatic carbocycles. The number of urea groups is 1. The van der Waals surface area contributed by atoms with Gasteiger partial charge in [-0.25, -0.2) is 4.79 Å². The number of carbonyl (C=O) groups is 2. The Morgan fingerprint density at radius 2 is 2.18 bits per heavy atom. The van der Waals surface area contributed by atoms with Gasteiger partial charge in [-0.15, -0.1) is 0 Å². The van der Waals surface area contributed by atoms with Crippen LogP contribution in [0, 0.1) is 6.92 Å². The topological polar surface area (TPSA) is 84.2 Å². The van der Waals surface area contributed by atoms with E-state index >= 15 is 0 Å². The van der Waals surface area contributed by atoms with Crippen molar-refractivity contribution in [2.45, 2.75) is 13.0 Å². The maximum atomic E-state index is 11.5. The Kier molecular flexibility index (Phi) is 1.91. The predicted octanol–water partition coefficient (Wildman–Crippen LogP) is 1.02. The standard InChI is InChI=1S/C11H9N3O3/c1-5-2-7-6(4-12-5)3-8(17-7)9-10(15)14-11(16)13-9/h2-4,9H,1H3,(H2,13,14,15,16). The van der Waals surface area contributed by atoms with Gasteiger partial charge >= 0.3 is 6.03 Å². The third-order valence-corrected chi connectivity index (χ3v) is 2.62. The minimum Gasteiger partial charge on any atom is -0.458 e. The van der Waals surface area contributed by atoms with E-state index in [1.165, 1.54) is 0 Å². The van der Waals surface area contributed by atoms with Gasteiger partial charge in [-0.2, -0.15) is 0 Å². The molecule has 0 aromatic carbocycles. The van der Waals surface area contributed by atoms with Crippen molar-refractivity contribution in [1.29, 1.82) is 0 Å². The van der Waals surface area contributed by atoms with Crippen LogP contribution in [0.5, 0.6) is 0 Å². The summed E-state index contributed by atoms with van der Waals surface area (Å²) in [5.41, 5.74) is 1.49. The summed E-state index contributed by atoms with van der Waals surface area (Å²) >= 11 is 0. The maximum Gasteiger partial charge on any atom is 0.322 e. The number of hydrogen-bond donors (Lipinski definition) is 2. The monoisotopic (exact) mass is 231 g/mol. The Balaban J connectivity index is 2.06. The highest BCUT2D eigenvalue weighted by atomic mass is 16.3. The number of imide groups is 1. The number of aromatic nitrogens is 1. The third-order valence-electron chi connectivity index (χ3n) is 2.62. The van der Waals surface area contributed by atoms with E-state index in [1.54, 1.807) is 18.3 Å². The van der Waals surface area contributed by atoms with Crippen LogP contribution in [0.25, 0.3) is 11.0 Å². The van der Waals surface area contributed by atoms with Crippen LogP contribution in [0.3, 0.4) is 0 Å². The highest BCUT2D eigenvalue weighted by Crippen LogP contribution is 2.25. The lowest BCUT2D eigenvalue weighted by molar-refractivity contribution is -0.120. The van der Waals surface area contributed by atoms with E-state index in [1.807, 2.05) is 6.92 Å². The molecule has 2 aromatic rings. The van der Waals surface area contributed by atoms with Crippen LogP contribution in [0.2, 0.25) is 0 Å². The lowest BCUT2D eigenvalue weighted by atomic mass is 10.2. The van der Waals surface area contributed by atoms with Gasteiger partial charge in [-0.1, -0.05) is 0 Å². The van der Waals surface area contributed by atoms with Crippen molar-refractivity contribution in [2.24, 2.45) is 0 Å². The molecule has 6 nitrogen and oxygen atoms in total. The largest absolute Gasteiger partial charge is 0.458 e. The zero-order valence-corrected chi connectivity index (χ0v) is 8.98. The molecule has 1 fully saturated rings. The summed E-state index contributed by atoms with van der Waals surface area (Å²) in [6.07, 6.45) is 1.67. The highest BCUT2D eigenvalue weighted by molar-refractivity contribution is 6.04. The van der Waals surface area contributed by atoms with Gasteiger partial charge in [-0.05, 0) is 13.0 Å². The number of pyridine rings is 1. The number of furan rings is 1. The number of rotatable bonds is 1. The molecule has 17 heavy (non-hydrogen) atoms. The molecule has 1 atom stereocenters. The summed E-state index contributed by atoms with van der Waals surface area (Å²) in [5, 5.41) is 5.44. The second-order valence-corrected chi connectivity index (χ2v) is 3.91. The Morgan fingerprint density at radius 1 is 1.35 bits per heavy atom. The number of nitrogens with one attached hydrogen (secondary N) is 2. The van der Waals surface area contributed by atoms with Crippen LogP contribution in [0.4, 0.5) is 4.79 Å². The number of amides is 3. The van der Waals surface area contributed by atoms with E-state index < -0.39 is 18.0 Å². The van der Waals surface area contributed by atoms with Crippen LogP contribution >= 0.6 is 0 Å². The van der Waals surface area contributed by atoms with Gasteiger partial charge in [0, 0.05) is 23.3 Å². The summed E-state index contributed by atoms with van der Waals surface area (Å²) in [6, 6.07) is 2.23. The van der Waals surface area contributed by atoms with Crippen molar-refractivity contribution in [3.63, 3.8) is 0 Å². The number of carbonyl (C=O) groups excluding carboxylic acids is 2. The average molecular weight is 231 g/mol. The van der Waals surface area contributed by atoms with Crippen molar-refractivity contribution in [3.05, 3.63) is 29.8 Å². The first-order chi connectivity index (χ1) is 8.13. The van der Waals surface area contributed by atoms with Gasteiger partial charge in [0.1, 0.15) is 11.3 Å². The fraction of sp³-hybridized carbons (Fsp3) is 0.182. The number of nitrogens with zero attached hydrogens (tertiary/aromatic N) is 1. The second-order valence-electron chi connectivity index (χ2n) is 3.91. The maximum absolute atomic E-state index is 11.5. The van der Waals surface area contributed by atoms with Crippen LogP contribution in [0.1, 0.15) is 17.5 Å². The average Bonchev–Trinajstić information content (AvgIpc) is 2.80.